The first-order chi connectivity index (χ1) is 9.45. The zero-order valence-corrected chi connectivity index (χ0v) is 13.4. The molecule has 0 aromatic carbocycles. The van der Waals surface area contributed by atoms with Crippen LogP contribution in [-0.2, 0) is 15.1 Å². The SMILES string of the molecule is COC(=O)C1CCC([C@](C)(O)c2ccc(Br)cn2)CC1. The van der Waals surface area contributed by atoms with E-state index in [1.54, 1.807) is 6.20 Å². The van der Waals surface area contributed by atoms with Crippen LogP contribution < -0.4 is 0 Å². The lowest BCUT2D eigenvalue weighted by atomic mass is 9.73. The molecule has 0 spiro atoms. The van der Waals surface area contributed by atoms with Crippen LogP contribution in [0.1, 0.15) is 38.3 Å². The van der Waals surface area contributed by atoms with Crippen molar-refractivity contribution in [2.24, 2.45) is 11.8 Å². The number of methoxy groups -OCH3 is 1. The Hall–Kier alpha value is -0.940. The van der Waals surface area contributed by atoms with Gasteiger partial charge >= 0.3 is 5.97 Å². The summed E-state index contributed by atoms with van der Waals surface area (Å²) in [7, 11) is 1.43. The Morgan fingerprint density at radius 2 is 2.05 bits per heavy atom. The predicted molar refractivity (Wildman–Crippen MR) is 79.0 cm³/mol. The van der Waals surface area contributed by atoms with Gasteiger partial charge < -0.3 is 9.84 Å². The van der Waals surface area contributed by atoms with Crippen molar-refractivity contribution in [2.45, 2.75) is 38.2 Å². The van der Waals surface area contributed by atoms with E-state index >= 15 is 0 Å². The van der Waals surface area contributed by atoms with Crippen molar-refractivity contribution in [3.8, 4) is 0 Å². The minimum absolute atomic E-state index is 0.0232. The third-order valence-electron chi connectivity index (χ3n) is 4.30. The molecule has 1 N–H and O–H groups in total. The zero-order chi connectivity index (χ0) is 14.8. The summed E-state index contributed by atoms with van der Waals surface area (Å²) in [6.07, 6.45) is 4.85. The molecule has 4 nitrogen and oxygen atoms in total. The number of aromatic nitrogens is 1. The first-order valence-corrected chi connectivity index (χ1v) is 7.66. The van der Waals surface area contributed by atoms with Crippen molar-refractivity contribution in [1.82, 2.24) is 4.98 Å². The molecule has 0 radical (unpaired) electrons. The molecule has 0 aliphatic heterocycles. The number of hydrogen-bond donors (Lipinski definition) is 1. The molecule has 2 rings (SSSR count). The van der Waals surface area contributed by atoms with Crippen LogP contribution >= 0.6 is 15.9 Å². The van der Waals surface area contributed by atoms with Crippen LogP contribution in [0.2, 0.25) is 0 Å². The van der Waals surface area contributed by atoms with E-state index in [4.69, 9.17) is 4.74 Å². The number of carbonyl (C=O) groups excluding carboxylic acids is 1. The molecule has 1 aliphatic carbocycles. The maximum Gasteiger partial charge on any atom is 0.308 e. The average molecular weight is 342 g/mol. The van der Waals surface area contributed by atoms with E-state index in [9.17, 15) is 9.90 Å². The number of carbonyl (C=O) groups is 1. The van der Waals surface area contributed by atoms with Gasteiger partial charge in [0, 0.05) is 10.7 Å². The fourth-order valence-electron chi connectivity index (χ4n) is 2.94. The van der Waals surface area contributed by atoms with E-state index in [1.807, 2.05) is 19.1 Å². The van der Waals surface area contributed by atoms with Gasteiger partial charge in [-0.2, -0.15) is 0 Å². The molecule has 1 aromatic rings. The molecule has 1 saturated carbocycles. The molecule has 0 amide bonds. The molecule has 5 heteroatoms. The predicted octanol–water partition coefficient (Wildman–Crippen LogP) is 3.03. The average Bonchev–Trinajstić information content (AvgIpc) is 2.47. The van der Waals surface area contributed by atoms with E-state index in [0.717, 1.165) is 30.2 Å². The topological polar surface area (TPSA) is 59.4 Å². The van der Waals surface area contributed by atoms with Gasteiger partial charge in [-0.1, -0.05) is 0 Å². The van der Waals surface area contributed by atoms with E-state index in [2.05, 4.69) is 20.9 Å². The van der Waals surface area contributed by atoms with Crippen molar-refractivity contribution < 1.29 is 14.6 Å². The van der Waals surface area contributed by atoms with Crippen LogP contribution in [-0.4, -0.2) is 23.2 Å². The van der Waals surface area contributed by atoms with E-state index < -0.39 is 5.60 Å². The second-order valence-electron chi connectivity index (χ2n) is 5.58. The Balaban J connectivity index is 2.05. The molecule has 0 unspecified atom stereocenters. The number of pyridine rings is 1. The standard InChI is InChI=1S/C15H20BrNO3/c1-15(19,13-8-7-12(16)9-17-13)11-5-3-10(4-6-11)14(18)20-2/h7-11,19H,3-6H2,1-2H3/t10?,11?,15-/m0/s1. The Kier molecular flexibility index (Phi) is 4.81. The van der Waals surface area contributed by atoms with Gasteiger partial charge in [-0.15, -0.1) is 0 Å². The van der Waals surface area contributed by atoms with Gasteiger partial charge in [0.15, 0.2) is 0 Å². The van der Waals surface area contributed by atoms with Gasteiger partial charge in [0.1, 0.15) is 5.60 Å². The lowest BCUT2D eigenvalue weighted by Crippen LogP contribution is -2.36. The molecule has 110 valence electrons. The molecule has 1 atom stereocenters. The number of nitrogens with zero attached hydrogens (tertiary/aromatic N) is 1. The summed E-state index contributed by atoms with van der Waals surface area (Å²) in [5.41, 5.74) is -0.274. The minimum Gasteiger partial charge on any atom is -0.469 e. The highest BCUT2D eigenvalue weighted by molar-refractivity contribution is 9.10. The van der Waals surface area contributed by atoms with Gasteiger partial charge in [-0.3, -0.25) is 9.78 Å². The summed E-state index contributed by atoms with van der Waals surface area (Å²) in [6, 6.07) is 3.73. The quantitative estimate of drug-likeness (QED) is 0.858. The molecule has 1 aliphatic rings. The van der Waals surface area contributed by atoms with Crippen LogP contribution in [0, 0.1) is 11.8 Å². The summed E-state index contributed by atoms with van der Waals surface area (Å²) in [6.45, 7) is 1.81. The maximum atomic E-state index is 11.5. The fourth-order valence-corrected chi connectivity index (χ4v) is 3.18. The van der Waals surface area contributed by atoms with Gasteiger partial charge in [0.2, 0.25) is 0 Å². The number of aliphatic hydroxyl groups is 1. The maximum absolute atomic E-state index is 11.5. The molecule has 20 heavy (non-hydrogen) atoms. The van der Waals surface area contributed by atoms with Gasteiger partial charge in [0.25, 0.3) is 0 Å². The van der Waals surface area contributed by atoms with Gasteiger partial charge in [0.05, 0.1) is 18.7 Å². The molecule has 1 fully saturated rings. The van der Waals surface area contributed by atoms with Crippen LogP contribution in [0.15, 0.2) is 22.8 Å². The van der Waals surface area contributed by atoms with Crippen LogP contribution in [0.5, 0.6) is 0 Å². The number of halogens is 1. The Bertz CT molecular complexity index is 465. The normalized spacial score (nSPS) is 25.8. The molecule has 0 saturated heterocycles. The highest BCUT2D eigenvalue weighted by Crippen LogP contribution is 2.40. The summed E-state index contributed by atoms with van der Waals surface area (Å²) < 4.78 is 5.68. The lowest BCUT2D eigenvalue weighted by molar-refractivity contribution is -0.148. The highest BCUT2D eigenvalue weighted by Gasteiger charge is 2.39. The van der Waals surface area contributed by atoms with Gasteiger partial charge in [-0.25, -0.2) is 0 Å². The monoisotopic (exact) mass is 341 g/mol. The first kappa shape index (κ1) is 15.4. The highest BCUT2D eigenvalue weighted by atomic mass is 79.9. The molecule has 0 bridgehead atoms. The first-order valence-electron chi connectivity index (χ1n) is 6.87. The Morgan fingerprint density at radius 3 is 2.55 bits per heavy atom. The summed E-state index contributed by atoms with van der Waals surface area (Å²) >= 11 is 3.34. The van der Waals surface area contributed by atoms with Crippen LogP contribution in [0.3, 0.4) is 0 Å². The smallest absolute Gasteiger partial charge is 0.308 e. The van der Waals surface area contributed by atoms with Crippen molar-refractivity contribution >= 4 is 21.9 Å². The van der Waals surface area contributed by atoms with Crippen molar-refractivity contribution in [1.29, 1.82) is 0 Å². The molecule has 1 heterocycles. The van der Waals surface area contributed by atoms with Crippen molar-refractivity contribution in [2.75, 3.05) is 7.11 Å². The summed E-state index contributed by atoms with van der Waals surface area (Å²) in [4.78, 5) is 15.8. The summed E-state index contributed by atoms with van der Waals surface area (Å²) in [5, 5.41) is 10.8. The number of ether oxygens (including phenoxy) is 1. The zero-order valence-electron chi connectivity index (χ0n) is 11.8. The second-order valence-corrected chi connectivity index (χ2v) is 6.50. The van der Waals surface area contributed by atoms with Gasteiger partial charge in [-0.05, 0) is 66.6 Å². The Labute approximate surface area is 127 Å². The fraction of sp³-hybridized carbons (Fsp3) is 0.600. The molecular formula is C15H20BrNO3. The van der Waals surface area contributed by atoms with Crippen LogP contribution in [0.25, 0.3) is 0 Å². The number of esters is 1. The number of hydrogen-bond acceptors (Lipinski definition) is 4. The second kappa shape index (κ2) is 6.22. The van der Waals surface area contributed by atoms with Crippen LogP contribution in [0.4, 0.5) is 0 Å². The minimum atomic E-state index is -0.957. The third-order valence-corrected chi connectivity index (χ3v) is 4.77. The van der Waals surface area contributed by atoms with E-state index in [1.165, 1.54) is 7.11 Å². The van der Waals surface area contributed by atoms with E-state index in [0.29, 0.717) is 5.69 Å². The summed E-state index contributed by atoms with van der Waals surface area (Å²) in [5.74, 6) is -0.0353. The lowest BCUT2D eigenvalue weighted by Gasteiger charge is -2.37. The third kappa shape index (κ3) is 3.20. The largest absolute Gasteiger partial charge is 0.469 e. The van der Waals surface area contributed by atoms with Crippen molar-refractivity contribution in [3.05, 3.63) is 28.5 Å². The Morgan fingerprint density at radius 1 is 1.40 bits per heavy atom. The van der Waals surface area contributed by atoms with E-state index in [-0.39, 0.29) is 17.8 Å². The molecule has 1 aromatic heterocycles. The molecular weight excluding hydrogens is 322 g/mol. The van der Waals surface area contributed by atoms with Crippen molar-refractivity contribution in [3.63, 3.8) is 0 Å². The number of rotatable bonds is 3.